The largest absolute Gasteiger partial charge is 0.481 e. The predicted octanol–water partition coefficient (Wildman–Crippen LogP) is 1.43. The Kier molecular flexibility index (Phi) is 4.37. The number of nitrogens with zero attached hydrogens (tertiary/aromatic N) is 1. The number of carbonyl (C=O) groups excluding carboxylic acids is 1. The topological polar surface area (TPSA) is 71.5 Å². The molecule has 0 aliphatic heterocycles. The van der Waals surface area contributed by atoms with Gasteiger partial charge in [-0.3, -0.25) is 4.79 Å². The van der Waals surface area contributed by atoms with Crippen LogP contribution in [-0.2, 0) is 4.79 Å². The van der Waals surface area contributed by atoms with Gasteiger partial charge >= 0.3 is 0 Å². The molecule has 2 rings (SSSR count). The number of nitrogens with one attached hydrogen (secondary N) is 1. The van der Waals surface area contributed by atoms with E-state index in [0.717, 1.165) is 18.4 Å². The van der Waals surface area contributed by atoms with Crippen LogP contribution in [0.2, 0.25) is 0 Å². The van der Waals surface area contributed by atoms with Crippen molar-refractivity contribution in [2.75, 3.05) is 7.11 Å². The Bertz CT molecular complexity index is 427. The van der Waals surface area contributed by atoms with Crippen molar-refractivity contribution in [2.45, 2.75) is 38.3 Å². The highest BCUT2D eigenvalue weighted by Gasteiger charge is 2.35. The van der Waals surface area contributed by atoms with E-state index in [2.05, 4.69) is 10.3 Å². The molecule has 0 spiro atoms. The third kappa shape index (κ3) is 3.23. The summed E-state index contributed by atoms with van der Waals surface area (Å²) in [7, 11) is 1.57. The number of amides is 1. The fourth-order valence-corrected chi connectivity index (χ4v) is 2.35. The highest BCUT2D eigenvalue weighted by molar-refractivity contribution is 5.76. The smallest absolute Gasteiger partial charge is 0.220 e. The number of rotatable bonds is 5. The average Bonchev–Trinajstić information content (AvgIpc) is 2.41. The van der Waals surface area contributed by atoms with Crippen LogP contribution < -0.4 is 10.1 Å². The lowest BCUT2D eigenvalue weighted by molar-refractivity contribution is -0.122. The van der Waals surface area contributed by atoms with E-state index in [-0.39, 0.29) is 24.0 Å². The van der Waals surface area contributed by atoms with Crippen LogP contribution in [0.1, 0.15) is 37.8 Å². The van der Waals surface area contributed by atoms with Crippen LogP contribution >= 0.6 is 0 Å². The number of pyridine rings is 1. The van der Waals surface area contributed by atoms with Crippen LogP contribution in [0, 0.1) is 5.92 Å². The van der Waals surface area contributed by atoms with Gasteiger partial charge in [0.1, 0.15) is 0 Å². The van der Waals surface area contributed by atoms with Gasteiger partial charge in [-0.2, -0.15) is 0 Å². The summed E-state index contributed by atoms with van der Waals surface area (Å²) in [4.78, 5) is 15.8. The molecule has 1 atom stereocenters. The van der Waals surface area contributed by atoms with Gasteiger partial charge in [0, 0.05) is 18.7 Å². The molecule has 1 unspecified atom stereocenters. The molecule has 1 aliphatic carbocycles. The van der Waals surface area contributed by atoms with Gasteiger partial charge in [-0.1, -0.05) is 13.0 Å². The van der Waals surface area contributed by atoms with Crippen LogP contribution in [0.5, 0.6) is 5.88 Å². The summed E-state index contributed by atoms with van der Waals surface area (Å²) in [6.45, 7) is 1.83. The van der Waals surface area contributed by atoms with E-state index in [9.17, 15) is 9.90 Å². The van der Waals surface area contributed by atoms with Crippen LogP contribution in [0.4, 0.5) is 0 Å². The number of aliphatic hydroxyl groups excluding tert-OH is 1. The van der Waals surface area contributed by atoms with Crippen molar-refractivity contribution in [3.05, 3.63) is 23.9 Å². The van der Waals surface area contributed by atoms with Gasteiger partial charge in [-0.05, 0) is 24.3 Å². The predicted molar refractivity (Wildman–Crippen MR) is 70.7 cm³/mol. The summed E-state index contributed by atoms with van der Waals surface area (Å²) in [6.07, 6.45) is 3.39. The Balaban J connectivity index is 2.13. The van der Waals surface area contributed by atoms with Gasteiger partial charge in [-0.15, -0.1) is 0 Å². The van der Waals surface area contributed by atoms with Gasteiger partial charge in [0.25, 0.3) is 0 Å². The average molecular weight is 264 g/mol. The Labute approximate surface area is 113 Å². The van der Waals surface area contributed by atoms with E-state index in [1.165, 1.54) is 0 Å². The molecule has 0 aromatic carbocycles. The molecule has 1 aromatic rings. The number of methoxy groups -OCH3 is 1. The van der Waals surface area contributed by atoms with E-state index in [1.807, 2.05) is 13.0 Å². The summed E-state index contributed by atoms with van der Waals surface area (Å²) in [5.41, 5.74) is 0.958. The molecule has 104 valence electrons. The Morgan fingerprint density at radius 2 is 2.32 bits per heavy atom. The summed E-state index contributed by atoms with van der Waals surface area (Å²) in [5, 5.41) is 12.5. The summed E-state index contributed by atoms with van der Waals surface area (Å²) in [6, 6.07) is 3.63. The van der Waals surface area contributed by atoms with Gasteiger partial charge in [0.15, 0.2) is 0 Å². The Hall–Kier alpha value is -1.62. The standard InChI is InChI=1S/C14H20N2O3/c1-3-12(18)16-14(10-6-11(17)7-10)9-4-5-13(19-2)15-8-9/h4-5,8,10-11,14,17H,3,6-7H2,1-2H3,(H,16,18). The first-order chi connectivity index (χ1) is 9.13. The quantitative estimate of drug-likeness (QED) is 0.844. The molecule has 1 aliphatic rings. The number of ether oxygens (including phenoxy) is 1. The minimum Gasteiger partial charge on any atom is -0.481 e. The van der Waals surface area contributed by atoms with E-state index in [4.69, 9.17) is 4.74 Å². The lowest BCUT2D eigenvalue weighted by Gasteiger charge is -2.38. The third-order valence-electron chi connectivity index (χ3n) is 3.59. The molecule has 1 aromatic heterocycles. The summed E-state index contributed by atoms with van der Waals surface area (Å²) < 4.78 is 5.03. The molecule has 1 amide bonds. The molecule has 5 heteroatoms. The lowest BCUT2D eigenvalue weighted by atomic mass is 9.75. The zero-order valence-electron chi connectivity index (χ0n) is 11.3. The second-order valence-corrected chi connectivity index (χ2v) is 4.92. The molecule has 0 bridgehead atoms. The fourth-order valence-electron chi connectivity index (χ4n) is 2.35. The maximum Gasteiger partial charge on any atom is 0.220 e. The van der Waals surface area contributed by atoms with Crippen LogP contribution in [0.15, 0.2) is 18.3 Å². The van der Waals surface area contributed by atoms with E-state index in [0.29, 0.717) is 12.3 Å². The van der Waals surface area contributed by atoms with Crippen LogP contribution in [0.3, 0.4) is 0 Å². The number of hydrogen-bond acceptors (Lipinski definition) is 4. The highest BCUT2D eigenvalue weighted by Crippen LogP contribution is 2.38. The summed E-state index contributed by atoms with van der Waals surface area (Å²) >= 11 is 0. The second kappa shape index (κ2) is 6.02. The van der Waals surface area contributed by atoms with E-state index in [1.54, 1.807) is 19.4 Å². The van der Waals surface area contributed by atoms with Gasteiger partial charge in [-0.25, -0.2) is 4.98 Å². The maximum absolute atomic E-state index is 11.6. The highest BCUT2D eigenvalue weighted by atomic mass is 16.5. The molecule has 5 nitrogen and oxygen atoms in total. The third-order valence-corrected chi connectivity index (χ3v) is 3.59. The second-order valence-electron chi connectivity index (χ2n) is 4.92. The minimum absolute atomic E-state index is 0.0159. The Morgan fingerprint density at radius 3 is 2.79 bits per heavy atom. The zero-order valence-corrected chi connectivity index (χ0v) is 11.3. The molecule has 1 fully saturated rings. The maximum atomic E-state index is 11.6. The number of aromatic nitrogens is 1. The van der Waals surface area contributed by atoms with Crippen molar-refractivity contribution in [1.29, 1.82) is 0 Å². The van der Waals surface area contributed by atoms with Crippen molar-refractivity contribution < 1.29 is 14.6 Å². The normalized spacial score (nSPS) is 23.3. The lowest BCUT2D eigenvalue weighted by Crippen LogP contribution is -2.41. The Morgan fingerprint density at radius 1 is 1.58 bits per heavy atom. The molecular weight excluding hydrogens is 244 g/mol. The first-order valence-corrected chi connectivity index (χ1v) is 6.61. The SMILES string of the molecule is CCC(=O)NC(c1ccc(OC)nc1)C1CC(O)C1. The molecule has 0 radical (unpaired) electrons. The molecule has 2 N–H and O–H groups in total. The fraction of sp³-hybridized carbons (Fsp3) is 0.571. The molecule has 1 saturated carbocycles. The van der Waals surface area contributed by atoms with Crippen LogP contribution in [0.25, 0.3) is 0 Å². The zero-order chi connectivity index (χ0) is 13.8. The van der Waals surface area contributed by atoms with Crippen molar-refractivity contribution >= 4 is 5.91 Å². The number of carbonyl (C=O) groups is 1. The molecular formula is C14H20N2O3. The van der Waals surface area contributed by atoms with Crippen LogP contribution in [-0.4, -0.2) is 29.2 Å². The van der Waals surface area contributed by atoms with E-state index >= 15 is 0 Å². The van der Waals surface area contributed by atoms with Crippen molar-refractivity contribution in [3.8, 4) is 5.88 Å². The van der Waals surface area contributed by atoms with Gasteiger partial charge in [0.2, 0.25) is 11.8 Å². The molecule has 1 heterocycles. The van der Waals surface area contributed by atoms with Crippen molar-refractivity contribution in [1.82, 2.24) is 10.3 Å². The minimum atomic E-state index is -0.239. The van der Waals surface area contributed by atoms with Gasteiger partial charge in [0.05, 0.1) is 19.3 Å². The number of hydrogen-bond donors (Lipinski definition) is 2. The van der Waals surface area contributed by atoms with Crippen molar-refractivity contribution in [3.63, 3.8) is 0 Å². The number of aliphatic hydroxyl groups is 1. The van der Waals surface area contributed by atoms with Gasteiger partial charge < -0.3 is 15.2 Å². The first kappa shape index (κ1) is 13.8. The van der Waals surface area contributed by atoms with E-state index < -0.39 is 0 Å². The molecule has 19 heavy (non-hydrogen) atoms. The molecule has 0 saturated heterocycles. The summed E-state index contributed by atoms with van der Waals surface area (Å²) in [5.74, 6) is 0.848. The van der Waals surface area contributed by atoms with Crippen molar-refractivity contribution in [2.24, 2.45) is 5.92 Å². The monoisotopic (exact) mass is 264 g/mol. The first-order valence-electron chi connectivity index (χ1n) is 6.61.